The van der Waals surface area contributed by atoms with Gasteiger partial charge in [-0.2, -0.15) is 0 Å². The summed E-state index contributed by atoms with van der Waals surface area (Å²) in [5, 5.41) is 6.33. The highest BCUT2D eigenvalue weighted by atomic mass is 16.3. The number of furan rings is 1. The molecule has 20 heavy (non-hydrogen) atoms. The number of aryl methyl sites for hydroxylation is 1. The first-order valence-corrected chi connectivity index (χ1v) is 6.92. The summed E-state index contributed by atoms with van der Waals surface area (Å²) in [6, 6.07) is 11.5. The molecule has 0 aliphatic carbocycles. The van der Waals surface area contributed by atoms with Crippen molar-refractivity contribution < 1.29 is 9.21 Å². The molecular weight excluding hydrogens is 252 g/mol. The number of nitrogens with one attached hydrogen (secondary N) is 2. The fraction of sp³-hybridized carbons (Fsp3) is 0.312. The van der Waals surface area contributed by atoms with Crippen LogP contribution in [0.4, 0.5) is 5.69 Å². The summed E-state index contributed by atoms with van der Waals surface area (Å²) in [4.78, 5) is 12.3. The molecule has 2 heterocycles. The summed E-state index contributed by atoms with van der Waals surface area (Å²) >= 11 is 0. The molecule has 0 fully saturated rings. The van der Waals surface area contributed by atoms with Crippen molar-refractivity contribution in [2.75, 3.05) is 5.32 Å². The smallest absolute Gasteiger partial charge is 0.241 e. The Bertz CT molecular complexity index is 592. The number of rotatable bonds is 3. The number of hydrogen-bond acceptors (Lipinski definition) is 3. The minimum Gasteiger partial charge on any atom is -0.468 e. The zero-order valence-corrected chi connectivity index (χ0v) is 11.4. The average Bonchev–Trinajstić information content (AvgIpc) is 2.93. The van der Waals surface area contributed by atoms with E-state index in [1.807, 2.05) is 37.3 Å². The van der Waals surface area contributed by atoms with Crippen molar-refractivity contribution in [2.24, 2.45) is 0 Å². The van der Waals surface area contributed by atoms with Gasteiger partial charge in [-0.3, -0.25) is 10.1 Å². The third-order valence-corrected chi connectivity index (χ3v) is 3.72. The molecule has 2 atom stereocenters. The molecule has 4 nitrogen and oxygen atoms in total. The Morgan fingerprint density at radius 2 is 2.15 bits per heavy atom. The van der Waals surface area contributed by atoms with E-state index in [1.165, 1.54) is 5.56 Å². The van der Waals surface area contributed by atoms with E-state index in [0.29, 0.717) is 0 Å². The normalized spacial score (nSPS) is 19.9. The molecule has 1 aliphatic rings. The summed E-state index contributed by atoms with van der Waals surface area (Å²) in [5.41, 5.74) is 2.11. The van der Waals surface area contributed by atoms with Crippen LogP contribution >= 0.6 is 0 Å². The van der Waals surface area contributed by atoms with Gasteiger partial charge in [-0.05, 0) is 43.5 Å². The van der Waals surface area contributed by atoms with E-state index in [4.69, 9.17) is 4.42 Å². The molecule has 1 aliphatic heterocycles. The Kier molecular flexibility index (Phi) is 3.56. The molecular formula is C16H18N2O2. The van der Waals surface area contributed by atoms with Gasteiger partial charge in [0.1, 0.15) is 5.76 Å². The molecule has 1 aromatic heterocycles. The predicted molar refractivity (Wildman–Crippen MR) is 77.4 cm³/mol. The van der Waals surface area contributed by atoms with E-state index in [2.05, 4.69) is 16.7 Å². The Morgan fingerprint density at radius 1 is 1.30 bits per heavy atom. The lowest BCUT2D eigenvalue weighted by Gasteiger charge is -2.19. The maximum absolute atomic E-state index is 12.3. The topological polar surface area (TPSA) is 54.3 Å². The van der Waals surface area contributed by atoms with Gasteiger partial charge in [0.25, 0.3) is 0 Å². The highest BCUT2D eigenvalue weighted by molar-refractivity contribution is 5.96. The third kappa shape index (κ3) is 2.60. The predicted octanol–water partition coefficient (Wildman–Crippen LogP) is 2.88. The van der Waals surface area contributed by atoms with Crippen LogP contribution < -0.4 is 10.6 Å². The van der Waals surface area contributed by atoms with Crippen LogP contribution in [0, 0.1) is 0 Å². The van der Waals surface area contributed by atoms with E-state index in [0.717, 1.165) is 24.3 Å². The summed E-state index contributed by atoms with van der Waals surface area (Å²) in [5.74, 6) is 0.868. The van der Waals surface area contributed by atoms with Crippen LogP contribution in [0.25, 0.3) is 0 Å². The molecule has 0 radical (unpaired) electrons. The van der Waals surface area contributed by atoms with Gasteiger partial charge in [0, 0.05) is 5.69 Å². The van der Waals surface area contributed by atoms with Gasteiger partial charge >= 0.3 is 0 Å². The second kappa shape index (κ2) is 5.51. The van der Waals surface area contributed by atoms with Gasteiger partial charge in [0.05, 0.1) is 18.3 Å². The number of benzene rings is 1. The second-order valence-corrected chi connectivity index (χ2v) is 5.14. The molecule has 2 N–H and O–H groups in total. The summed E-state index contributed by atoms with van der Waals surface area (Å²) in [7, 11) is 0. The third-order valence-electron chi connectivity index (χ3n) is 3.72. The zero-order valence-electron chi connectivity index (χ0n) is 11.4. The number of carbonyl (C=O) groups is 1. The van der Waals surface area contributed by atoms with E-state index in [-0.39, 0.29) is 18.0 Å². The van der Waals surface area contributed by atoms with Crippen LogP contribution in [0.3, 0.4) is 0 Å². The molecule has 4 heteroatoms. The number of carbonyl (C=O) groups excluding carboxylic acids is 1. The van der Waals surface area contributed by atoms with Crippen molar-refractivity contribution in [1.29, 1.82) is 0 Å². The minimum atomic E-state index is -0.206. The highest BCUT2D eigenvalue weighted by Gasteiger charge is 2.25. The van der Waals surface area contributed by atoms with Crippen molar-refractivity contribution in [2.45, 2.75) is 31.8 Å². The Labute approximate surface area is 118 Å². The summed E-state index contributed by atoms with van der Waals surface area (Å²) in [6.45, 7) is 2.00. The van der Waals surface area contributed by atoms with Gasteiger partial charge in [0.15, 0.2) is 0 Å². The van der Waals surface area contributed by atoms with Gasteiger partial charge in [-0.25, -0.2) is 0 Å². The maximum Gasteiger partial charge on any atom is 0.241 e. The molecule has 2 aromatic rings. The lowest BCUT2D eigenvalue weighted by Crippen LogP contribution is -2.41. The van der Waals surface area contributed by atoms with Crippen LogP contribution in [0.5, 0.6) is 0 Å². The molecule has 1 aromatic carbocycles. The van der Waals surface area contributed by atoms with E-state index < -0.39 is 0 Å². The van der Waals surface area contributed by atoms with Crippen molar-refractivity contribution in [3.05, 3.63) is 54.0 Å². The molecule has 0 saturated heterocycles. The monoisotopic (exact) mass is 270 g/mol. The van der Waals surface area contributed by atoms with E-state index in [9.17, 15) is 4.79 Å². The Hall–Kier alpha value is -2.07. The molecule has 1 amide bonds. The average molecular weight is 270 g/mol. The minimum absolute atomic E-state index is 0.0157. The number of para-hydroxylation sites is 1. The van der Waals surface area contributed by atoms with Crippen LogP contribution in [-0.2, 0) is 11.2 Å². The number of anilines is 1. The SMILES string of the molecule is C[C@@H](NC1CCc2ccccc2NC1=O)c1ccco1. The maximum atomic E-state index is 12.3. The second-order valence-electron chi connectivity index (χ2n) is 5.14. The van der Waals surface area contributed by atoms with Crippen molar-refractivity contribution in [1.82, 2.24) is 5.32 Å². The van der Waals surface area contributed by atoms with Crippen molar-refractivity contribution >= 4 is 11.6 Å². The molecule has 0 spiro atoms. The fourth-order valence-electron chi connectivity index (χ4n) is 2.59. The largest absolute Gasteiger partial charge is 0.468 e. The van der Waals surface area contributed by atoms with Crippen molar-refractivity contribution in [3.63, 3.8) is 0 Å². The van der Waals surface area contributed by atoms with Gasteiger partial charge in [-0.1, -0.05) is 18.2 Å². The first-order chi connectivity index (χ1) is 9.74. The Balaban J connectivity index is 1.72. The standard InChI is InChI=1S/C16H18N2O2/c1-11(15-7-4-10-20-15)17-14-9-8-12-5-2-3-6-13(12)18-16(14)19/h2-7,10-11,14,17H,8-9H2,1H3,(H,18,19)/t11-,14?/m1/s1. The molecule has 3 rings (SSSR count). The van der Waals surface area contributed by atoms with Gasteiger partial charge < -0.3 is 9.73 Å². The lowest BCUT2D eigenvalue weighted by molar-refractivity contribution is -0.118. The number of amides is 1. The molecule has 0 bridgehead atoms. The van der Waals surface area contributed by atoms with Gasteiger partial charge in [0.2, 0.25) is 5.91 Å². The van der Waals surface area contributed by atoms with E-state index in [1.54, 1.807) is 6.26 Å². The van der Waals surface area contributed by atoms with E-state index >= 15 is 0 Å². The van der Waals surface area contributed by atoms with Crippen molar-refractivity contribution in [3.8, 4) is 0 Å². The van der Waals surface area contributed by atoms with Crippen LogP contribution in [0.1, 0.15) is 30.7 Å². The van der Waals surface area contributed by atoms with Crippen LogP contribution in [0.2, 0.25) is 0 Å². The molecule has 1 unspecified atom stereocenters. The van der Waals surface area contributed by atoms with Gasteiger partial charge in [-0.15, -0.1) is 0 Å². The Morgan fingerprint density at radius 3 is 2.95 bits per heavy atom. The van der Waals surface area contributed by atoms with Crippen LogP contribution in [0.15, 0.2) is 47.1 Å². The number of hydrogen-bond donors (Lipinski definition) is 2. The fourth-order valence-corrected chi connectivity index (χ4v) is 2.59. The quantitative estimate of drug-likeness (QED) is 0.901. The zero-order chi connectivity index (χ0) is 13.9. The highest BCUT2D eigenvalue weighted by Crippen LogP contribution is 2.23. The number of fused-ring (bicyclic) bond motifs is 1. The molecule has 0 saturated carbocycles. The summed E-state index contributed by atoms with van der Waals surface area (Å²) in [6.07, 6.45) is 3.32. The summed E-state index contributed by atoms with van der Waals surface area (Å²) < 4.78 is 5.37. The van der Waals surface area contributed by atoms with Crippen LogP contribution in [-0.4, -0.2) is 11.9 Å². The molecule has 104 valence electrons. The first-order valence-electron chi connectivity index (χ1n) is 6.92. The first kappa shape index (κ1) is 12.9. The lowest BCUT2D eigenvalue weighted by atomic mass is 10.1.